The summed E-state index contributed by atoms with van der Waals surface area (Å²) in [6.07, 6.45) is 2.99. The molecule has 0 heterocycles. The molecule has 0 aromatic rings. The molecule has 0 aliphatic rings. The van der Waals surface area contributed by atoms with Crippen molar-refractivity contribution in [1.82, 2.24) is 5.32 Å². The summed E-state index contributed by atoms with van der Waals surface area (Å²) in [4.78, 5) is 10.1. The highest BCUT2D eigenvalue weighted by atomic mass is 35.5. The molecule has 4 nitrogen and oxygen atoms in total. The first-order chi connectivity index (χ1) is 5.77. The minimum absolute atomic E-state index is 0.296. The van der Waals surface area contributed by atoms with E-state index in [-0.39, 0.29) is 0 Å². The van der Waals surface area contributed by atoms with Crippen LogP contribution in [0.1, 0.15) is 0 Å². The standard InChI is InChI=1S/C7H13ClN2O2/c8-3-1-2-4-10-5-6-12-7(9)11/h1-2,10H,3-6H2,(H2,9,11)/b2-1+. The van der Waals surface area contributed by atoms with Crippen LogP contribution in [-0.2, 0) is 4.74 Å². The molecule has 0 rings (SSSR count). The maximum Gasteiger partial charge on any atom is 0.404 e. The van der Waals surface area contributed by atoms with E-state index in [1.54, 1.807) is 0 Å². The zero-order valence-corrected chi connectivity index (χ0v) is 7.51. The van der Waals surface area contributed by atoms with Crippen LogP contribution in [-0.4, -0.2) is 31.7 Å². The summed E-state index contributed by atoms with van der Waals surface area (Å²) in [6.45, 7) is 1.61. The molecule has 0 fully saturated rings. The number of carbonyl (C=O) groups excluding carboxylic acids is 1. The normalized spacial score (nSPS) is 10.4. The van der Waals surface area contributed by atoms with Gasteiger partial charge in [-0.05, 0) is 0 Å². The average molecular weight is 193 g/mol. The molecule has 1 amide bonds. The van der Waals surface area contributed by atoms with Gasteiger partial charge in [-0.15, -0.1) is 11.6 Å². The number of nitrogens with one attached hydrogen (secondary N) is 1. The fourth-order valence-electron chi connectivity index (χ4n) is 0.556. The lowest BCUT2D eigenvalue weighted by molar-refractivity contribution is 0.157. The summed E-state index contributed by atoms with van der Waals surface area (Å²) in [7, 11) is 0. The van der Waals surface area contributed by atoms with Crippen LogP contribution < -0.4 is 11.1 Å². The van der Waals surface area contributed by atoms with E-state index in [0.717, 1.165) is 6.54 Å². The maximum atomic E-state index is 10.1. The van der Waals surface area contributed by atoms with Crippen molar-refractivity contribution in [3.8, 4) is 0 Å². The topological polar surface area (TPSA) is 64.4 Å². The summed E-state index contributed by atoms with van der Waals surface area (Å²) in [6, 6.07) is 0. The first-order valence-electron chi connectivity index (χ1n) is 3.61. The molecule has 5 heteroatoms. The summed E-state index contributed by atoms with van der Waals surface area (Å²) >= 11 is 5.38. The molecule has 3 N–H and O–H groups in total. The predicted molar refractivity (Wildman–Crippen MR) is 48.3 cm³/mol. The van der Waals surface area contributed by atoms with Crippen LogP contribution in [0.3, 0.4) is 0 Å². The van der Waals surface area contributed by atoms with Crippen LogP contribution in [0.25, 0.3) is 0 Å². The van der Waals surface area contributed by atoms with Crippen LogP contribution in [0.2, 0.25) is 0 Å². The van der Waals surface area contributed by atoms with Gasteiger partial charge in [-0.25, -0.2) is 4.79 Å². The lowest BCUT2D eigenvalue weighted by Gasteiger charge is -2.00. The summed E-state index contributed by atoms with van der Waals surface area (Å²) in [5.41, 5.74) is 4.73. The van der Waals surface area contributed by atoms with Crippen LogP contribution in [0, 0.1) is 0 Å². The minimum Gasteiger partial charge on any atom is -0.448 e. The second-order valence-electron chi connectivity index (χ2n) is 2.00. The van der Waals surface area contributed by atoms with Gasteiger partial charge >= 0.3 is 6.09 Å². The first kappa shape index (κ1) is 11.3. The number of ether oxygens (including phenoxy) is 1. The second-order valence-corrected chi connectivity index (χ2v) is 2.31. The summed E-state index contributed by atoms with van der Waals surface area (Å²) in [5.74, 6) is 0.513. The average Bonchev–Trinajstić information content (AvgIpc) is 2.02. The number of carbonyl (C=O) groups is 1. The molecule has 0 aromatic carbocycles. The van der Waals surface area contributed by atoms with Crippen molar-refractivity contribution in [2.75, 3.05) is 25.6 Å². The van der Waals surface area contributed by atoms with Crippen molar-refractivity contribution in [3.63, 3.8) is 0 Å². The van der Waals surface area contributed by atoms with Gasteiger partial charge in [-0.2, -0.15) is 0 Å². The lowest BCUT2D eigenvalue weighted by Crippen LogP contribution is -2.23. The number of hydrogen-bond donors (Lipinski definition) is 2. The largest absolute Gasteiger partial charge is 0.448 e. The van der Waals surface area contributed by atoms with E-state index < -0.39 is 6.09 Å². The number of nitrogens with two attached hydrogens (primary N) is 1. The fraction of sp³-hybridized carbons (Fsp3) is 0.571. The smallest absolute Gasteiger partial charge is 0.404 e. The first-order valence-corrected chi connectivity index (χ1v) is 4.14. The number of allylic oxidation sites excluding steroid dienone is 1. The quantitative estimate of drug-likeness (QED) is 0.365. The van der Waals surface area contributed by atoms with Gasteiger partial charge in [0.25, 0.3) is 0 Å². The third-order valence-corrected chi connectivity index (χ3v) is 1.22. The highest BCUT2D eigenvalue weighted by Gasteiger charge is 1.90. The number of alkyl halides is 1. The van der Waals surface area contributed by atoms with Gasteiger partial charge in [0.05, 0.1) is 0 Å². The van der Waals surface area contributed by atoms with Gasteiger partial charge in [0, 0.05) is 19.0 Å². The van der Waals surface area contributed by atoms with Crippen molar-refractivity contribution in [3.05, 3.63) is 12.2 Å². The van der Waals surface area contributed by atoms with Crippen molar-refractivity contribution < 1.29 is 9.53 Å². The molecule has 12 heavy (non-hydrogen) atoms. The van der Waals surface area contributed by atoms with Gasteiger partial charge in [0.2, 0.25) is 0 Å². The van der Waals surface area contributed by atoms with Gasteiger partial charge in [0.1, 0.15) is 6.61 Å². The number of halogens is 1. The van der Waals surface area contributed by atoms with E-state index in [0.29, 0.717) is 19.0 Å². The summed E-state index contributed by atoms with van der Waals surface area (Å²) < 4.78 is 4.47. The molecule has 0 aromatic heterocycles. The lowest BCUT2D eigenvalue weighted by atomic mass is 10.5. The Balaban J connectivity index is 3.00. The van der Waals surface area contributed by atoms with Gasteiger partial charge in [0.15, 0.2) is 0 Å². The van der Waals surface area contributed by atoms with Crippen LogP contribution in [0.15, 0.2) is 12.2 Å². The van der Waals surface area contributed by atoms with Gasteiger partial charge < -0.3 is 15.8 Å². The van der Waals surface area contributed by atoms with Gasteiger partial charge in [-0.3, -0.25) is 0 Å². The molecule has 0 saturated heterocycles. The van der Waals surface area contributed by atoms with E-state index in [9.17, 15) is 4.79 Å². The Morgan fingerprint density at radius 3 is 2.92 bits per heavy atom. The fourth-order valence-corrected chi connectivity index (χ4v) is 0.682. The summed E-state index contributed by atoms with van der Waals surface area (Å²) in [5, 5.41) is 3.00. The molecule has 0 spiro atoms. The molecule has 0 bridgehead atoms. The van der Waals surface area contributed by atoms with E-state index in [2.05, 4.69) is 10.1 Å². The van der Waals surface area contributed by atoms with Crippen LogP contribution in [0.4, 0.5) is 4.79 Å². The number of rotatable bonds is 6. The van der Waals surface area contributed by atoms with Crippen LogP contribution in [0.5, 0.6) is 0 Å². The molecule has 70 valence electrons. The van der Waals surface area contributed by atoms with Crippen molar-refractivity contribution >= 4 is 17.7 Å². The maximum absolute atomic E-state index is 10.1. The van der Waals surface area contributed by atoms with E-state index in [1.807, 2.05) is 12.2 Å². The molecule has 0 saturated carbocycles. The highest BCUT2D eigenvalue weighted by Crippen LogP contribution is 1.76. The van der Waals surface area contributed by atoms with Crippen molar-refractivity contribution in [2.24, 2.45) is 5.73 Å². The van der Waals surface area contributed by atoms with E-state index >= 15 is 0 Å². The highest BCUT2D eigenvalue weighted by molar-refractivity contribution is 6.18. The molecular weight excluding hydrogens is 180 g/mol. The SMILES string of the molecule is NC(=O)OCCNC/C=C/CCl. The van der Waals surface area contributed by atoms with Crippen molar-refractivity contribution in [1.29, 1.82) is 0 Å². The molecule has 0 aliphatic heterocycles. The number of hydrogen-bond acceptors (Lipinski definition) is 3. The predicted octanol–water partition coefficient (Wildman–Crippen LogP) is 0.466. The van der Waals surface area contributed by atoms with Crippen molar-refractivity contribution in [2.45, 2.75) is 0 Å². The Bertz CT molecular complexity index is 150. The Morgan fingerprint density at radius 1 is 1.58 bits per heavy atom. The number of amides is 1. The Labute approximate surface area is 76.7 Å². The molecule has 0 atom stereocenters. The number of primary amides is 1. The minimum atomic E-state index is -0.742. The van der Waals surface area contributed by atoms with E-state index in [4.69, 9.17) is 17.3 Å². The Hall–Kier alpha value is -0.740. The molecule has 0 unspecified atom stereocenters. The third-order valence-electron chi connectivity index (χ3n) is 1.04. The molecule has 0 aliphatic carbocycles. The second kappa shape index (κ2) is 8.36. The van der Waals surface area contributed by atoms with E-state index in [1.165, 1.54) is 0 Å². The zero-order valence-electron chi connectivity index (χ0n) is 6.75. The molecule has 0 radical (unpaired) electrons. The monoisotopic (exact) mass is 192 g/mol. The zero-order chi connectivity index (χ0) is 9.23. The molecular formula is C7H13ClN2O2. The third kappa shape index (κ3) is 9.26. The Morgan fingerprint density at radius 2 is 2.33 bits per heavy atom. The van der Waals surface area contributed by atoms with Gasteiger partial charge in [-0.1, -0.05) is 12.2 Å². The van der Waals surface area contributed by atoms with Crippen LogP contribution >= 0.6 is 11.6 Å². The Kier molecular flexibility index (Phi) is 7.84.